The van der Waals surface area contributed by atoms with E-state index in [4.69, 9.17) is 4.74 Å². The highest BCUT2D eigenvalue weighted by Crippen LogP contribution is 2.44. The molecule has 0 saturated carbocycles. The summed E-state index contributed by atoms with van der Waals surface area (Å²) in [6.45, 7) is -0.444. The third-order valence-electron chi connectivity index (χ3n) is 4.77. The zero-order valence-electron chi connectivity index (χ0n) is 14.3. The molecule has 26 heavy (non-hydrogen) atoms. The van der Waals surface area contributed by atoms with E-state index in [1.165, 1.54) is 18.1 Å². The van der Waals surface area contributed by atoms with Crippen LogP contribution in [0.3, 0.4) is 0 Å². The lowest BCUT2D eigenvalue weighted by Gasteiger charge is -2.52. The first-order valence-corrected chi connectivity index (χ1v) is 8.28. The fourth-order valence-electron chi connectivity index (χ4n) is 3.63. The lowest BCUT2D eigenvalue weighted by molar-refractivity contribution is -0.150. The molecule has 3 rings (SSSR count). The molecule has 1 saturated heterocycles. The molecule has 0 bridgehead atoms. The minimum Gasteiger partial charge on any atom is -0.394 e. The number of rotatable bonds is 5. The Labute approximate surface area is 151 Å². The van der Waals surface area contributed by atoms with Gasteiger partial charge in [-0.05, 0) is 17.2 Å². The van der Waals surface area contributed by atoms with Gasteiger partial charge in [-0.25, -0.2) is 4.39 Å². The molecule has 1 amide bonds. The Morgan fingerprint density at radius 2 is 1.88 bits per heavy atom. The molecule has 0 radical (unpaired) electrons. The number of carbonyl (C=O) groups is 1. The number of hydrogen-bond acceptors (Lipinski definition) is 4. The quantitative estimate of drug-likeness (QED) is 0.894. The highest BCUT2D eigenvalue weighted by molar-refractivity contribution is 5.81. The van der Waals surface area contributed by atoms with E-state index in [0.717, 1.165) is 5.56 Å². The van der Waals surface area contributed by atoms with Crippen LogP contribution in [0.25, 0.3) is 11.1 Å². The minimum atomic E-state index is -0.734. The molecule has 3 atom stereocenters. The van der Waals surface area contributed by atoms with Gasteiger partial charge in [-0.3, -0.25) is 4.79 Å². The Morgan fingerprint density at radius 1 is 1.23 bits per heavy atom. The van der Waals surface area contributed by atoms with Crippen LogP contribution >= 0.6 is 0 Å². The Morgan fingerprint density at radius 3 is 2.50 bits per heavy atom. The van der Waals surface area contributed by atoms with E-state index in [-0.39, 0.29) is 24.9 Å². The second kappa shape index (κ2) is 7.65. The molecule has 6 heteroatoms. The lowest BCUT2D eigenvalue weighted by Crippen LogP contribution is -2.66. The fraction of sp³-hybridized carbons (Fsp3) is 0.300. The molecule has 1 fully saturated rings. The van der Waals surface area contributed by atoms with Crippen molar-refractivity contribution in [1.82, 2.24) is 4.90 Å². The molecule has 0 aliphatic carbocycles. The molecule has 1 heterocycles. The fourth-order valence-corrected chi connectivity index (χ4v) is 3.63. The van der Waals surface area contributed by atoms with Crippen molar-refractivity contribution in [3.05, 3.63) is 59.9 Å². The molecule has 2 aromatic rings. The predicted molar refractivity (Wildman–Crippen MR) is 93.6 cm³/mol. The van der Waals surface area contributed by atoms with Crippen LogP contribution in [-0.4, -0.2) is 48.3 Å². The molecule has 2 aromatic carbocycles. The van der Waals surface area contributed by atoms with Crippen LogP contribution in [0.1, 0.15) is 11.5 Å². The molecule has 5 nitrogen and oxygen atoms in total. The van der Waals surface area contributed by atoms with Gasteiger partial charge in [0.05, 0.1) is 18.7 Å². The molecular weight excluding hydrogens is 335 g/mol. The van der Waals surface area contributed by atoms with Crippen molar-refractivity contribution < 1.29 is 19.0 Å². The van der Waals surface area contributed by atoms with Crippen LogP contribution in [0.4, 0.5) is 4.39 Å². The van der Waals surface area contributed by atoms with Crippen LogP contribution in [0, 0.1) is 17.1 Å². The number of aliphatic hydroxyl groups is 1. The third-order valence-corrected chi connectivity index (χ3v) is 4.77. The average Bonchev–Trinajstić information content (AvgIpc) is 2.63. The number of nitrogens with zero attached hydrogens (tertiary/aromatic N) is 2. The predicted octanol–water partition coefficient (Wildman–Crippen LogP) is 2.32. The smallest absolute Gasteiger partial charge is 0.249 e. The van der Waals surface area contributed by atoms with Gasteiger partial charge in [0.1, 0.15) is 18.5 Å². The summed E-state index contributed by atoms with van der Waals surface area (Å²) in [4.78, 5) is 13.6. The molecule has 0 unspecified atom stereocenters. The maximum atomic E-state index is 14.3. The number of amides is 1. The summed E-state index contributed by atoms with van der Waals surface area (Å²) in [7, 11) is 1.40. The number of methoxy groups -OCH3 is 1. The van der Waals surface area contributed by atoms with Gasteiger partial charge in [0.2, 0.25) is 5.91 Å². The van der Waals surface area contributed by atoms with E-state index in [9.17, 15) is 19.6 Å². The highest BCUT2D eigenvalue weighted by atomic mass is 19.1. The van der Waals surface area contributed by atoms with Gasteiger partial charge in [0.25, 0.3) is 0 Å². The standard InChI is InChI=1S/C20H19FN2O3/c1-26-12-19(25)23-17(10-22)20(18(23)11-24)15-8-3-2-6-13(15)14-7-4-5-9-16(14)21/h2-9,17-18,20,24H,11-12H2,1H3/t17-,18-,20-/m1/s1. The summed E-state index contributed by atoms with van der Waals surface area (Å²) in [6, 6.07) is 14.5. The van der Waals surface area contributed by atoms with Crippen molar-refractivity contribution in [3.63, 3.8) is 0 Å². The van der Waals surface area contributed by atoms with Crippen molar-refractivity contribution in [1.29, 1.82) is 5.26 Å². The first kappa shape index (κ1) is 18.1. The van der Waals surface area contributed by atoms with E-state index in [1.807, 2.05) is 12.1 Å². The normalized spacial score (nSPS) is 21.8. The van der Waals surface area contributed by atoms with Crippen LogP contribution in [-0.2, 0) is 9.53 Å². The van der Waals surface area contributed by atoms with Gasteiger partial charge in [-0.2, -0.15) is 5.26 Å². The van der Waals surface area contributed by atoms with Crippen molar-refractivity contribution in [2.75, 3.05) is 20.3 Å². The van der Waals surface area contributed by atoms with Gasteiger partial charge in [0.15, 0.2) is 0 Å². The number of hydrogen-bond donors (Lipinski definition) is 1. The Bertz CT molecular complexity index is 849. The zero-order valence-corrected chi connectivity index (χ0v) is 14.3. The first-order valence-electron chi connectivity index (χ1n) is 8.28. The summed E-state index contributed by atoms with van der Waals surface area (Å²) in [5.74, 6) is -1.11. The van der Waals surface area contributed by atoms with Gasteiger partial charge in [-0.15, -0.1) is 0 Å². The summed E-state index contributed by atoms with van der Waals surface area (Å²) in [6.07, 6.45) is 0. The number of halogens is 1. The SMILES string of the molecule is COCC(=O)N1[C@H](C#N)[C@@H](c2ccccc2-c2ccccc2F)[C@H]1CO. The largest absolute Gasteiger partial charge is 0.394 e. The van der Waals surface area contributed by atoms with Crippen LogP contribution in [0.5, 0.6) is 0 Å². The minimum absolute atomic E-state index is 0.156. The average molecular weight is 354 g/mol. The van der Waals surface area contributed by atoms with E-state index in [2.05, 4.69) is 6.07 Å². The van der Waals surface area contributed by atoms with Crippen molar-refractivity contribution >= 4 is 5.91 Å². The zero-order chi connectivity index (χ0) is 18.7. The molecule has 0 spiro atoms. The summed E-state index contributed by atoms with van der Waals surface area (Å²) < 4.78 is 19.2. The molecule has 1 N–H and O–H groups in total. The molecule has 1 aliphatic rings. The first-order chi connectivity index (χ1) is 12.6. The van der Waals surface area contributed by atoms with Crippen molar-refractivity contribution in [2.45, 2.75) is 18.0 Å². The maximum absolute atomic E-state index is 14.3. The van der Waals surface area contributed by atoms with E-state index in [1.54, 1.807) is 30.3 Å². The second-order valence-electron chi connectivity index (χ2n) is 6.15. The highest BCUT2D eigenvalue weighted by Gasteiger charge is 2.52. The van der Waals surface area contributed by atoms with Crippen LogP contribution in [0.2, 0.25) is 0 Å². The summed E-state index contributed by atoms with van der Waals surface area (Å²) in [5.41, 5.74) is 1.83. The number of ether oxygens (including phenoxy) is 1. The molecule has 0 aromatic heterocycles. The summed E-state index contributed by atoms with van der Waals surface area (Å²) >= 11 is 0. The molecular formula is C20H19FN2O3. The van der Waals surface area contributed by atoms with E-state index in [0.29, 0.717) is 11.1 Å². The number of aliphatic hydroxyl groups excluding tert-OH is 1. The number of carbonyl (C=O) groups excluding carboxylic acids is 1. The Hall–Kier alpha value is -2.75. The van der Waals surface area contributed by atoms with Crippen molar-refractivity contribution in [2.24, 2.45) is 0 Å². The van der Waals surface area contributed by atoms with Crippen LogP contribution < -0.4 is 0 Å². The van der Waals surface area contributed by atoms with E-state index >= 15 is 0 Å². The Kier molecular flexibility index (Phi) is 5.31. The maximum Gasteiger partial charge on any atom is 0.249 e. The second-order valence-corrected chi connectivity index (χ2v) is 6.15. The van der Waals surface area contributed by atoms with Gasteiger partial charge in [-0.1, -0.05) is 42.5 Å². The third kappa shape index (κ3) is 2.96. The van der Waals surface area contributed by atoms with Crippen molar-refractivity contribution in [3.8, 4) is 17.2 Å². The van der Waals surface area contributed by atoms with E-state index < -0.39 is 18.0 Å². The number of nitriles is 1. The number of likely N-dealkylation sites (tertiary alicyclic amines) is 1. The van der Waals surface area contributed by atoms with Gasteiger partial charge < -0.3 is 14.7 Å². The summed E-state index contributed by atoms with van der Waals surface area (Å²) in [5, 5.41) is 19.4. The van der Waals surface area contributed by atoms with Gasteiger partial charge >= 0.3 is 0 Å². The Balaban J connectivity index is 2.03. The monoisotopic (exact) mass is 354 g/mol. The van der Waals surface area contributed by atoms with Gasteiger partial charge in [0, 0.05) is 18.6 Å². The van der Waals surface area contributed by atoms with Crippen LogP contribution in [0.15, 0.2) is 48.5 Å². The topological polar surface area (TPSA) is 73.6 Å². The molecule has 1 aliphatic heterocycles. The number of benzene rings is 2. The molecule has 134 valence electrons. The lowest BCUT2D eigenvalue weighted by atomic mass is 9.73.